The summed E-state index contributed by atoms with van der Waals surface area (Å²) in [4.78, 5) is 4.87. The van der Waals surface area contributed by atoms with Crippen molar-refractivity contribution in [3.05, 3.63) is 34.6 Å². The van der Waals surface area contributed by atoms with Gasteiger partial charge in [0.25, 0.3) is 0 Å². The maximum Gasteiger partial charge on any atom is 0.131 e. The smallest absolute Gasteiger partial charge is 0.131 e. The molecule has 0 aliphatic heterocycles. The van der Waals surface area contributed by atoms with Gasteiger partial charge in [0.15, 0.2) is 0 Å². The summed E-state index contributed by atoms with van der Waals surface area (Å²) >= 11 is 0. The van der Waals surface area contributed by atoms with Crippen LogP contribution in [0.3, 0.4) is 0 Å². The van der Waals surface area contributed by atoms with Crippen LogP contribution in [0.15, 0.2) is 12.1 Å². The highest BCUT2D eigenvalue weighted by Crippen LogP contribution is 2.33. The quantitative estimate of drug-likeness (QED) is 0.892. The number of aryl methyl sites for hydroxylation is 3. The third-order valence-electron chi connectivity index (χ3n) is 4.10. The van der Waals surface area contributed by atoms with Crippen molar-refractivity contribution in [2.75, 3.05) is 5.73 Å². The highest BCUT2D eigenvalue weighted by atomic mass is 15.1. The number of anilines is 1. The van der Waals surface area contributed by atoms with Crippen molar-refractivity contribution in [1.82, 2.24) is 9.55 Å². The van der Waals surface area contributed by atoms with Crippen LogP contribution in [0, 0.1) is 20.8 Å². The van der Waals surface area contributed by atoms with E-state index in [9.17, 15) is 0 Å². The van der Waals surface area contributed by atoms with E-state index in [2.05, 4.69) is 58.2 Å². The Kier molecular flexibility index (Phi) is 4.40. The highest BCUT2D eigenvalue weighted by Gasteiger charge is 2.19. The van der Waals surface area contributed by atoms with Gasteiger partial charge < -0.3 is 10.3 Å². The maximum atomic E-state index is 6.42. The number of aromatic nitrogens is 2. The molecule has 3 nitrogen and oxygen atoms in total. The standard InChI is InChI=1S/C18H27N3/c1-7-8-21-17(19)16(20-18(21)11(2)3)15-10-13(5)12(4)9-14(15)6/h9-11H,7-8,19H2,1-6H3. The summed E-state index contributed by atoms with van der Waals surface area (Å²) in [6.07, 6.45) is 1.06. The molecule has 2 N–H and O–H groups in total. The average Bonchev–Trinajstić information content (AvgIpc) is 2.73. The Bertz CT molecular complexity index is 651. The Labute approximate surface area is 128 Å². The lowest BCUT2D eigenvalue weighted by Crippen LogP contribution is -2.08. The van der Waals surface area contributed by atoms with E-state index in [1.54, 1.807) is 0 Å². The summed E-state index contributed by atoms with van der Waals surface area (Å²) in [6, 6.07) is 4.43. The molecule has 0 radical (unpaired) electrons. The van der Waals surface area contributed by atoms with Crippen LogP contribution in [0.1, 0.15) is 55.6 Å². The SMILES string of the molecule is CCCn1c(C(C)C)nc(-c2cc(C)c(C)cc2C)c1N. The third kappa shape index (κ3) is 2.82. The molecule has 2 aromatic rings. The van der Waals surface area contributed by atoms with Gasteiger partial charge in [-0.05, 0) is 49.9 Å². The molecule has 21 heavy (non-hydrogen) atoms. The predicted molar refractivity (Wildman–Crippen MR) is 90.7 cm³/mol. The van der Waals surface area contributed by atoms with Crippen LogP contribution in [0.25, 0.3) is 11.3 Å². The normalized spacial score (nSPS) is 11.4. The molecule has 1 aromatic carbocycles. The number of nitrogen functional groups attached to an aromatic ring is 1. The monoisotopic (exact) mass is 285 g/mol. The fraction of sp³-hybridized carbons (Fsp3) is 0.500. The van der Waals surface area contributed by atoms with Crippen LogP contribution in [-0.2, 0) is 6.54 Å². The van der Waals surface area contributed by atoms with Gasteiger partial charge in [0.2, 0.25) is 0 Å². The van der Waals surface area contributed by atoms with Crippen LogP contribution in [-0.4, -0.2) is 9.55 Å². The first-order valence-corrected chi connectivity index (χ1v) is 7.80. The number of hydrogen-bond acceptors (Lipinski definition) is 2. The molecular weight excluding hydrogens is 258 g/mol. The van der Waals surface area contributed by atoms with E-state index in [1.807, 2.05) is 0 Å². The van der Waals surface area contributed by atoms with Gasteiger partial charge in [-0.15, -0.1) is 0 Å². The molecule has 114 valence electrons. The molecule has 3 heteroatoms. The van der Waals surface area contributed by atoms with E-state index in [0.717, 1.165) is 35.9 Å². The Morgan fingerprint density at radius 3 is 2.29 bits per heavy atom. The van der Waals surface area contributed by atoms with Crippen molar-refractivity contribution >= 4 is 5.82 Å². The molecule has 0 atom stereocenters. The lowest BCUT2D eigenvalue weighted by Gasteiger charge is -2.11. The molecule has 0 unspecified atom stereocenters. The summed E-state index contributed by atoms with van der Waals surface area (Å²) in [5.41, 5.74) is 12.3. The fourth-order valence-electron chi connectivity index (χ4n) is 2.80. The van der Waals surface area contributed by atoms with Crippen molar-refractivity contribution in [2.24, 2.45) is 0 Å². The molecule has 0 saturated carbocycles. The van der Waals surface area contributed by atoms with Gasteiger partial charge in [0.05, 0.1) is 0 Å². The zero-order chi connectivity index (χ0) is 15.7. The number of benzene rings is 1. The summed E-state index contributed by atoms with van der Waals surface area (Å²) in [5.74, 6) is 2.26. The van der Waals surface area contributed by atoms with Crippen molar-refractivity contribution < 1.29 is 0 Å². The van der Waals surface area contributed by atoms with Crippen LogP contribution < -0.4 is 5.73 Å². The van der Waals surface area contributed by atoms with E-state index in [1.165, 1.54) is 16.7 Å². The molecule has 0 saturated heterocycles. The number of imidazole rings is 1. The molecule has 2 rings (SSSR count). The van der Waals surface area contributed by atoms with E-state index in [-0.39, 0.29) is 0 Å². The van der Waals surface area contributed by atoms with Crippen LogP contribution >= 0.6 is 0 Å². The molecule has 1 heterocycles. The van der Waals surface area contributed by atoms with E-state index in [0.29, 0.717) is 5.92 Å². The van der Waals surface area contributed by atoms with Crippen molar-refractivity contribution in [3.63, 3.8) is 0 Å². The Morgan fingerprint density at radius 2 is 1.71 bits per heavy atom. The minimum absolute atomic E-state index is 0.374. The van der Waals surface area contributed by atoms with E-state index < -0.39 is 0 Å². The second-order valence-corrected chi connectivity index (χ2v) is 6.26. The van der Waals surface area contributed by atoms with Gasteiger partial charge in [-0.2, -0.15) is 0 Å². The molecule has 0 bridgehead atoms. The molecule has 0 fully saturated rings. The minimum Gasteiger partial charge on any atom is -0.383 e. The number of nitrogens with two attached hydrogens (primary N) is 1. The largest absolute Gasteiger partial charge is 0.383 e. The molecule has 1 aromatic heterocycles. The van der Waals surface area contributed by atoms with Crippen molar-refractivity contribution in [1.29, 1.82) is 0 Å². The Morgan fingerprint density at radius 1 is 1.10 bits per heavy atom. The number of hydrogen-bond donors (Lipinski definition) is 1. The van der Waals surface area contributed by atoms with Gasteiger partial charge in [-0.3, -0.25) is 0 Å². The highest BCUT2D eigenvalue weighted by molar-refractivity contribution is 5.74. The zero-order valence-corrected chi connectivity index (χ0v) is 14.1. The first kappa shape index (κ1) is 15.6. The van der Waals surface area contributed by atoms with E-state index >= 15 is 0 Å². The van der Waals surface area contributed by atoms with Crippen LogP contribution in [0.2, 0.25) is 0 Å². The summed E-state index contributed by atoms with van der Waals surface area (Å²) in [7, 11) is 0. The van der Waals surface area contributed by atoms with Crippen molar-refractivity contribution in [2.45, 2.75) is 60.4 Å². The lowest BCUT2D eigenvalue weighted by atomic mass is 9.99. The Hall–Kier alpha value is -1.77. The summed E-state index contributed by atoms with van der Waals surface area (Å²) in [6.45, 7) is 13.9. The number of nitrogens with zero attached hydrogens (tertiary/aromatic N) is 2. The second-order valence-electron chi connectivity index (χ2n) is 6.26. The van der Waals surface area contributed by atoms with Gasteiger partial charge in [-0.25, -0.2) is 4.98 Å². The second kappa shape index (κ2) is 5.92. The molecule has 0 aliphatic rings. The van der Waals surface area contributed by atoms with Crippen molar-refractivity contribution in [3.8, 4) is 11.3 Å². The van der Waals surface area contributed by atoms with Crippen LogP contribution in [0.5, 0.6) is 0 Å². The first-order chi connectivity index (χ1) is 9.86. The summed E-state index contributed by atoms with van der Waals surface area (Å²) < 4.78 is 2.18. The average molecular weight is 285 g/mol. The van der Waals surface area contributed by atoms with Gasteiger partial charge >= 0.3 is 0 Å². The molecule has 0 spiro atoms. The van der Waals surface area contributed by atoms with E-state index in [4.69, 9.17) is 10.7 Å². The molecular formula is C18H27N3. The molecule has 0 aliphatic carbocycles. The topological polar surface area (TPSA) is 43.8 Å². The first-order valence-electron chi connectivity index (χ1n) is 7.80. The third-order valence-corrected chi connectivity index (χ3v) is 4.10. The molecule has 0 amide bonds. The summed E-state index contributed by atoms with van der Waals surface area (Å²) in [5, 5.41) is 0. The fourth-order valence-corrected chi connectivity index (χ4v) is 2.80. The zero-order valence-electron chi connectivity index (χ0n) is 14.1. The van der Waals surface area contributed by atoms with Crippen LogP contribution in [0.4, 0.5) is 5.82 Å². The van der Waals surface area contributed by atoms with Gasteiger partial charge in [-0.1, -0.05) is 26.8 Å². The van der Waals surface area contributed by atoms with Gasteiger partial charge in [0, 0.05) is 18.0 Å². The minimum atomic E-state index is 0.374. The Balaban J connectivity index is 2.65. The number of rotatable bonds is 4. The lowest BCUT2D eigenvalue weighted by molar-refractivity contribution is 0.616. The maximum absolute atomic E-state index is 6.42. The predicted octanol–water partition coefficient (Wildman–Crippen LogP) is 4.59. The van der Waals surface area contributed by atoms with Gasteiger partial charge in [0.1, 0.15) is 17.3 Å².